The highest BCUT2D eigenvalue weighted by molar-refractivity contribution is 5.00. The lowest BCUT2D eigenvalue weighted by molar-refractivity contribution is -0.243. The van der Waals surface area contributed by atoms with Gasteiger partial charge >= 0.3 is 0 Å². The predicted molar refractivity (Wildman–Crippen MR) is 101 cm³/mol. The van der Waals surface area contributed by atoms with Gasteiger partial charge in [-0.25, -0.2) is 0 Å². The molecule has 3 heterocycles. The van der Waals surface area contributed by atoms with Gasteiger partial charge in [0.25, 0.3) is 0 Å². The lowest BCUT2D eigenvalue weighted by Crippen LogP contribution is -2.56. The molecule has 158 valence electrons. The predicted octanol–water partition coefficient (Wildman–Crippen LogP) is 4.15. The first kappa shape index (κ1) is 21.5. The Balaban J connectivity index is 1.43. The lowest BCUT2D eigenvalue weighted by Gasteiger charge is -2.37. The molecule has 6 heteroatoms. The van der Waals surface area contributed by atoms with Crippen molar-refractivity contribution in [1.82, 2.24) is 0 Å². The van der Waals surface area contributed by atoms with Crippen molar-refractivity contribution < 1.29 is 28.4 Å². The van der Waals surface area contributed by atoms with Crippen molar-refractivity contribution in [2.45, 2.75) is 122 Å². The van der Waals surface area contributed by atoms with Crippen molar-refractivity contribution in [3.8, 4) is 0 Å². The smallest absolute Gasteiger partial charge is 0.190 e. The Morgan fingerprint density at radius 3 is 2.04 bits per heavy atom. The molecule has 27 heavy (non-hydrogen) atoms. The van der Waals surface area contributed by atoms with Crippen LogP contribution in [0.4, 0.5) is 0 Å². The molecule has 6 nitrogen and oxygen atoms in total. The third-order valence-electron chi connectivity index (χ3n) is 5.43. The summed E-state index contributed by atoms with van der Waals surface area (Å²) in [6, 6.07) is 0. The zero-order valence-electron chi connectivity index (χ0n) is 17.7. The maximum Gasteiger partial charge on any atom is 0.190 e. The van der Waals surface area contributed by atoms with Gasteiger partial charge in [0.2, 0.25) is 0 Å². The molecule has 5 atom stereocenters. The Morgan fingerprint density at radius 2 is 1.30 bits per heavy atom. The fourth-order valence-electron chi connectivity index (χ4n) is 4.19. The molecule has 0 N–H and O–H groups in total. The van der Waals surface area contributed by atoms with E-state index >= 15 is 0 Å². The van der Waals surface area contributed by atoms with Gasteiger partial charge in [-0.05, 0) is 34.1 Å². The fraction of sp³-hybridized carbons (Fsp3) is 1.00. The normalized spacial score (nSPS) is 36.6. The Bertz CT molecular complexity index is 466. The molecule has 0 aromatic carbocycles. The van der Waals surface area contributed by atoms with Crippen molar-refractivity contribution in [2.24, 2.45) is 0 Å². The average molecular weight is 387 g/mol. The van der Waals surface area contributed by atoms with Gasteiger partial charge in [-0.2, -0.15) is 0 Å². The zero-order valence-corrected chi connectivity index (χ0v) is 17.7. The molecule has 3 aliphatic rings. The van der Waals surface area contributed by atoms with E-state index in [0.29, 0.717) is 6.61 Å². The van der Waals surface area contributed by atoms with Crippen LogP contribution in [0.3, 0.4) is 0 Å². The van der Waals surface area contributed by atoms with Gasteiger partial charge in [-0.1, -0.05) is 45.4 Å². The summed E-state index contributed by atoms with van der Waals surface area (Å²) in [5.74, 6) is -1.33. The number of hydrogen-bond donors (Lipinski definition) is 0. The van der Waals surface area contributed by atoms with Crippen molar-refractivity contribution in [3.63, 3.8) is 0 Å². The second-order valence-electron chi connectivity index (χ2n) is 8.90. The first-order chi connectivity index (χ1) is 12.8. The molecule has 0 saturated carbocycles. The number of hydrogen-bond acceptors (Lipinski definition) is 6. The third-order valence-corrected chi connectivity index (χ3v) is 5.43. The lowest BCUT2D eigenvalue weighted by atomic mass is 9.99. The highest BCUT2D eigenvalue weighted by Gasteiger charge is 2.60. The van der Waals surface area contributed by atoms with E-state index in [1.165, 1.54) is 38.5 Å². The van der Waals surface area contributed by atoms with Crippen LogP contribution in [0.2, 0.25) is 0 Å². The standard InChI is InChI=1S/C21H38O6/c1-6-7-8-9-10-11-12-13-22-14-15-16-17(25-20(2,3)24-16)18-19(23-15)27-21(4,5)26-18/h15-19H,6-14H2,1-5H3/t15-,16+,17-,18+,19+/m0/s1. The Morgan fingerprint density at radius 1 is 0.704 bits per heavy atom. The molecule has 0 bridgehead atoms. The van der Waals surface area contributed by atoms with Crippen LogP contribution >= 0.6 is 0 Å². The molecule has 0 amide bonds. The molecule has 0 aliphatic carbocycles. The van der Waals surface area contributed by atoms with Crippen molar-refractivity contribution in [2.75, 3.05) is 13.2 Å². The van der Waals surface area contributed by atoms with Gasteiger partial charge < -0.3 is 28.4 Å². The summed E-state index contributed by atoms with van der Waals surface area (Å²) in [5, 5.41) is 0. The molecular formula is C21H38O6. The molecule has 3 fully saturated rings. The molecular weight excluding hydrogens is 348 g/mol. The van der Waals surface area contributed by atoms with Crippen LogP contribution in [0.5, 0.6) is 0 Å². The minimum absolute atomic E-state index is 0.201. The number of rotatable bonds is 10. The van der Waals surface area contributed by atoms with Gasteiger partial charge in [0.1, 0.15) is 24.4 Å². The van der Waals surface area contributed by atoms with Crippen LogP contribution in [-0.2, 0) is 28.4 Å². The Labute approximate surface area is 164 Å². The van der Waals surface area contributed by atoms with Crippen LogP contribution in [0.25, 0.3) is 0 Å². The van der Waals surface area contributed by atoms with E-state index in [2.05, 4.69) is 6.92 Å². The van der Waals surface area contributed by atoms with Crippen molar-refractivity contribution in [1.29, 1.82) is 0 Å². The van der Waals surface area contributed by atoms with E-state index in [0.717, 1.165) is 13.0 Å². The van der Waals surface area contributed by atoms with Crippen LogP contribution in [0.1, 0.15) is 79.6 Å². The van der Waals surface area contributed by atoms with E-state index in [4.69, 9.17) is 28.4 Å². The van der Waals surface area contributed by atoms with Crippen LogP contribution in [0.15, 0.2) is 0 Å². The van der Waals surface area contributed by atoms with E-state index in [1.54, 1.807) is 0 Å². The molecule has 0 unspecified atom stereocenters. The van der Waals surface area contributed by atoms with Crippen molar-refractivity contribution >= 4 is 0 Å². The summed E-state index contributed by atoms with van der Waals surface area (Å²) in [4.78, 5) is 0. The summed E-state index contributed by atoms with van der Waals surface area (Å²) in [6.45, 7) is 11.1. The van der Waals surface area contributed by atoms with Gasteiger partial charge in [0.05, 0.1) is 6.61 Å². The van der Waals surface area contributed by atoms with Gasteiger partial charge in [-0.15, -0.1) is 0 Å². The summed E-state index contributed by atoms with van der Waals surface area (Å²) in [5.41, 5.74) is 0. The third kappa shape index (κ3) is 5.64. The van der Waals surface area contributed by atoms with Gasteiger partial charge in [-0.3, -0.25) is 0 Å². The Hall–Kier alpha value is -0.240. The van der Waals surface area contributed by atoms with Crippen molar-refractivity contribution in [3.05, 3.63) is 0 Å². The SMILES string of the molecule is CCCCCCCCCOC[C@@H]1O[C@@H]2OC(C)(C)O[C@@H]2[C@H]2OC(C)(C)O[C@@H]21. The van der Waals surface area contributed by atoms with E-state index in [-0.39, 0.29) is 24.4 Å². The number of ether oxygens (including phenoxy) is 6. The van der Waals surface area contributed by atoms with Crippen LogP contribution < -0.4 is 0 Å². The highest BCUT2D eigenvalue weighted by atomic mass is 16.9. The maximum absolute atomic E-state index is 6.15. The van der Waals surface area contributed by atoms with Gasteiger partial charge in [0, 0.05) is 6.61 Å². The second-order valence-corrected chi connectivity index (χ2v) is 8.90. The minimum Gasteiger partial charge on any atom is -0.379 e. The first-order valence-electron chi connectivity index (χ1n) is 10.8. The van der Waals surface area contributed by atoms with E-state index < -0.39 is 17.9 Å². The first-order valence-corrected chi connectivity index (χ1v) is 10.8. The largest absolute Gasteiger partial charge is 0.379 e. The molecule has 0 radical (unpaired) electrons. The minimum atomic E-state index is -0.677. The molecule has 0 aromatic heterocycles. The number of unbranched alkanes of at least 4 members (excludes halogenated alkanes) is 6. The molecule has 0 aromatic rings. The molecule has 3 saturated heterocycles. The van der Waals surface area contributed by atoms with Gasteiger partial charge in [0.15, 0.2) is 17.9 Å². The number of fused-ring (bicyclic) bond motifs is 3. The molecule has 0 spiro atoms. The van der Waals surface area contributed by atoms with E-state index in [9.17, 15) is 0 Å². The average Bonchev–Trinajstić information content (AvgIpc) is 3.07. The molecule has 3 aliphatic heterocycles. The Kier molecular flexibility index (Phi) is 7.20. The summed E-state index contributed by atoms with van der Waals surface area (Å²) in [6.07, 6.45) is 7.62. The fourth-order valence-corrected chi connectivity index (χ4v) is 4.19. The maximum atomic E-state index is 6.15. The topological polar surface area (TPSA) is 55.4 Å². The summed E-state index contributed by atoms with van der Waals surface area (Å²) >= 11 is 0. The summed E-state index contributed by atoms with van der Waals surface area (Å²) < 4.78 is 36.2. The highest BCUT2D eigenvalue weighted by Crippen LogP contribution is 2.44. The zero-order chi connectivity index (χ0) is 19.5. The molecule has 3 rings (SSSR count). The monoisotopic (exact) mass is 386 g/mol. The second kappa shape index (κ2) is 9.06. The summed E-state index contributed by atoms with van der Waals surface area (Å²) in [7, 11) is 0. The van der Waals surface area contributed by atoms with E-state index in [1.807, 2.05) is 27.7 Å². The van der Waals surface area contributed by atoms with Crippen LogP contribution in [-0.4, -0.2) is 55.5 Å². The van der Waals surface area contributed by atoms with Crippen LogP contribution in [0, 0.1) is 0 Å². The quantitative estimate of drug-likeness (QED) is 0.526.